The zero-order valence-corrected chi connectivity index (χ0v) is 17.4. The Morgan fingerprint density at radius 3 is 2.40 bits per heavy atom. The van der Waals surface area contributed by atoms with Crippen LogP contribution in [0.15, 0.2) is 65.1 Å². The fourth-order valence-corrected chi connectivity index (χ4v) is 5.38. The van der Waals surface area contributed by atoms with Gasteiger partial charge in [-0.3, -0.25) is 4.79 Å². The molecule has 1 saturated heterocycles. The SMILES string of the molecule is Cc1ccc(C(=O)N(Cc2ccc(-c3ccc(F)cc3)o2)[C@H]2CCS(=O)(=O)C2)cc1. The van der Waals surface area contributed by atoms with E-state index in [1.54, 1.807) is 41.3 Å². The summed E-state index contributed by atoms with van der Waals surface area (Å²) in [6.07, 6.45) is 0.408. The summed E-state index contributed by atoms with van der Waals surface area (Å²) in [5, 5.41) is 0. The van der Waals surface area contributed by atoms with Gasteiger partial charge in [0, 0.05) is 17.2 Å². The summed E-state index contributed by atoms with van der Waals surface area (Å²) in [7, 11) is -3.16. The molecular formula is C23H22FNO4S. The first-order valence-electron chi connectivity index (χ1n) is 9.73. The molecular weight excluding hydrogens is 405 g/mol. The van der Waals surface area contributed by atoms with Crippen molar-refractivity contribution in [1.82, 2.24) is 4.90 Å². The van der Waals surface area contributed by atoms with E-state index in [4.69, 9.17) is 4.42 Å². The second-order valence-electron chi connectivity index (χ2n) is 7.63. The minimum atomic E-state index is -3.16. The van der Waals surface area contributed by atoms with E-state index < -0.39 is 15.9 Å². The molecule has 0 unspecified atom stereocenters. The summed E-state index contributed by atoms with van der Waals surface area (Å²) in [4.78, 5) is 14.8. The van der Waals surface area contributed by atoms with E-state index in [9.17, 15) is 17.6 Å². The highest BCUT2D eigenvalue weighted by Gasteiger charge is 2.35. The van der Waals surface area contributed by atoms with Crippen molar-refractivity contribution in [2.24, 2.45) is 0 Å². The molecule has 0 spiro atoms. The van der Waals surface area contributed by atoms with Crippen LogP contribution in [0.4, 0.5) is 4.39 Å². The van der Waals surface area contributed by atoms with Crippen LogP contribution in [-0.4, -0.2) is 36.8 Å². The van der Waals surface area contributed by atoms with Gasteiger partial charge in [0.1, 0.15) is 17.3 Å². The molecule has 2 aromatic carbocycles. The highest BCUT2D eigenvalue weighted by atomic mass is 32.2. The average molecular weight is 427 g/mol. The average Bonchev–Trinajstić information content (AvgIpc) is 3.33. The van der Waals surface area contributed by atoms with Crippen molar-refractivity contribution < 1.29 is 22.0 Å². The van der Waals surface area contributed by atoms with Crippen molar-refractivity contribution in [3.63, 3.8) is 0 Å². The molecule has 5 nitrogen and oxygen atoms in total. The van der Waals surface area contributed by atoms with Gasteiger partial charge < -0.3 is 9.32 Å². The van der Waals surface area contributed by atoms with Gasteiger partial charge in [0.25, 0.3) is 5.91 Å². The molecule has 30 heavy (non-hydrogen) atoms. The maximum absolute atomic E-state index is 13.2. The lowest BCUT2D eigenvalue weighted by atomic mass is 10.1. The molecule has 1 fully saturated rings. The Balaban J connectivity index is 1.61. The van der Waals surface area contributed by atoms with E-state index >= 15 is 0 Å². The van der Waals surface area contributed by atoms with Crippen LogP contribution in [0.3, 0.4) is 0 Å². The predicted molar refractivity (Wildman–Crippen MR) is 112 cm³/mol. The summed E-state index contributed by atoms with van der Waals surface area (Å²) in [5.41, 5.74) is 2.27. The molecule has 0 aliphatic carbocycles. The summed E-state index contributed by atoms with van der Waals surface area (Å²) in [5.74, 6) is 0.579. The zero-order valence-electron chi connectivity index (χ0n) is 16.5. The fraction of sp³-hybridized carbons (Fsp3) is 0.261. The highest BCUT2D eigenvalue weighted by molar-refractivity contribution is 7.91. The summed E-state index contributed by atoms with van der Waals surface area (Å²) >= 11 is 0. The Bertz CT molecular complexity index is 1150. The normalized spacial score (nSPS) is 17.7. The minimum Gasteiger partial charge on any atom is -0.459 e. The van der Waals surface area contributed by atoms with Gasteiger partial charge in [-0.15, -0.1) is 0 Å². The van der Waals surface area contributed by atoms with Crippen LogP contribution in [0.2, 0.25) is 0 Å². The quantitative estimate of drug-likeness (QED) is 0.611. The largest absolute Gasteiger partial charge is 0.459 e. The van der Waals surface area contributed by atoms with Gasteiger partial charge in [0.15, 0.2) is 9.84 Å². The molecule has 1 aliphatic rings. The number of halogens is 1. The maximum Gasteiger partial charge on any atom is 0.254 e. The second-order valence-corrected chi connectivity index (χ2v) is 9.86. The number of sulfone groups is 1. The topological polar surface area (TPSA) is 67.6 Å². The molecule has 4 rings (SSSR count). The van der Waals surface area contributed by atoms with Gasteiger partial charge in [0.05, 0.1) is 18.1 Å². The number of carbonyl (C=O) groups is 1. The van der Waals surface area contributed by atoms with E-state index in [1.807, 2.05) is 19.1 Å². The van der Waals surface area contributed by atoms with E-state index in [0.717, 1.165) is 11.1 Å². The van der Waals surface area contributed by atoms with Gasteiger partial charge in [-0.25, -0.2) is 12.8 Å². The van der Waals surface area contributed by atoms with Crippen molar-refractivity contribution in [3.8, 4) is 11.3 Å². The molecule has 1 aromatic heterocycles. The van der Waals surface area contributed by atoms with Crippen LogP contribution in [-0.2, 0) is 16.4 Å². The number of carbonyl (C=O) groups excluding carboxylic acids is 1. The number of furan rings is 1. The Kier molecular flexibility index (Phi) is 5.47. The standard InChI is InChI=1S/C23H22FNO4S/c1-16-2-4-18(5-3-16)23(26)25(20-12-13-30(27,28)15-20)14-21-10-11-22(29-21)17-6-8-19(24)9-7-17/h2-11,20H,12-15H2,1H3/t20-/m0/s1. The van der Waals surface area contributed by atoms with Crippen molar-refractivity contribution in [3.05, 3.63) is 83.4 Å². The third-order valence-corrected chi connectivity index (χ3v) is 7.08. The van der Waals surface area contributed by atoms with Crippen molar-refractivity contribution in [1.29, 1.82) is 0 Å². The molecule has 0 N–H and O–H groups in total. The molecule has 7 heteroatoms. The first-order chi connectivity index (χ1) is 14.3. The summed E-state index contributed by atoms with van der Waals surface area (Å²) < 4.78 is 43.1. The molecule has 0 bridgehead atoms. The van der Waals surface area contributed by atoms with Gasteiger partial charge in [-0.2, -0.15) is 0 Å². The van der Waals surface area contributed by atoms with Crippen LogP contribution in [0.1, 0.15) is 28.1 Å². The van der Waals surface area contributed by atoms with E-state index in [0.29, 0.717) is 23.5 Å². The molecule has 1 atom stereocenters. The summed E-state index contributed by atoms with van der Waals surface area (Å²) in [6.45, 7) is 2.10. The third-order valence-electron chi connectivity index (χ3n) is 5.33. The van der Waals surface area contributed by atoms with Crippen molar-refractivity contribution in [2.75, 3.05) is 11.5 Å². The Hall–Kier alpha value is -2.93. The zero-order chi connectivity index (χ0) is 21.3. The first-order valence-corrected chi connectivity index (χ1v) is 11.6. The maximum atomic E-state index is 13.2. The van der Waals surface area contributed by atoms with Crippen molar-refractivity contribution >= 4 is 15.7 Å². The monoisotopic (exact) mass is 427 g/mol. The molecule has 2 heterocycles. The van der Waals surface area contributed by atoms with Crippen LogP contribution in [0, 0.1) is 12.7 Å². The number of hydrogen-bond donors (Lipinski definition) is 0. The lowest BCUT2D eigenvalue weighted by molar-refractivity contribution is 0.0666. The third kappa shape index (κ3) is 4.46. The number of amides is 1. The molecule has 1 aliphatic heterocycles. The van der Waals surface area contributed by atoms with E-state index in [2.05, 4.69) is 0 Å². The molecule has 0 saturated carbocycles. The fourth-order valence-electron chi connectivity index (χ4n) is 3.65. The number of hydrogen-bond acceptors (Lipinski definition) is 4. The predicted octanol–water partition coefficient (Wildman–Crippen LogP) is 4.22. The highest BCUT2D eigenvalue weighted by Crippen LogP contribution is 2.26. The van der Waals surface area contributed by atoms with Gasteiger partial charge in [-0.1, -0.05) is 17.7 Å². The minimum absolute atomic E-state index is 0.0455. The number of benzene rings is 2. The van der Waals surface area contributed by atoms with Gasteiger partial charge in [0.2, 0.25) is 0 Å². The van der Waals surface area contributed by atoms with Crippen LogP contribution in [0.25, 0.3) is 11.3 Å². The lowest BCUT2D eigenvalue weighted by Gasteiger charge is -2.27. The number of aryl methyl sites for hydroxylation is 1. The van der Waals surface area contributed by atoms with Gasteiger partial charge in [-0.05, 0) is 61.9 Å². The van der Waals surface area contributed by atoms with Crippen LogP contribution < -0.4 is 0 Å². The lowest BCUT2D eigenvalue weighted by Crippen LogP contribution is -2.40. The smallest absolute Gasteiger partial charge is 0.254 e. The Labute approximate surface area is 175 Å². The Morgan fingerprint density at radius 1 is 1.07 bits per heavy atom. The molecule has 156 valence electrons. The Morgan fingerprint density at radius 2 is 1.77 bits per heavy atom. The second kappa shape index (κ2) is 8.07. The van der Waals surface area contributed by atoms with Crippen LogP contribution in [0.5, 0.6) is 0 Å². The summed E-state index contributed by atoms with van der Waals surface area (Å²) in [6, 6.07) is 16.3. The number of rotatable bonds is 5. The number of nitrogens with zero attached hydrogens (tertiary/aromatic N) is 1. The van der Waals surface area contributed by atoms with E-state index in [1.165, 1.54) is 12.1 Å². The molecule has 3 aromatic rings. The van der Waals surface area contributed by atoms with Crippen molar-refractivity contribution in [2.45, 2.75) is 25.9 Å². The van der Waals surface area contributed by atoms with Gasteiger partial charge >= 0.3 is 0 Å². The van der Waals surface area contributed by atoms with Crippen LogP contribution >= 0.6 is 0 Å². The molecule has 0 radical (unpaired) electrons. The molecule has 1 amide bonds. The van der Waals surface area contributed by atoms with E-state index in [-0.39, 0.29) is 29.8 Å². The first kappa shape index (κ1) is 20.3.